The number of benzene rings is 19. The molecule has 27 rings (SSSR count). The van der Waals surface area contributed by atoms with E-state index in [-0.39, 0.29) is 55.0 Å². The van der Waals surface area contributed by atoms with Gasteiger partial charge in [0.2, 0.25) is 0 Å². The van der Waals surface area contributed by atoms with Crippen LogP contribution in [0.5, 0.6) is 0 Å². The van der Waals surface area contributed by atoms with Gasteiger partial charge in [-0.3, -0.25) is 0 Å². The van der Waals surface area contributed by atoms with Crippen LogP contribution < -0.4 is 26.2 Å². The Balaban J connectivity index is 0.813. The highest BCUT2D eigenvalue weighted by Crippen LogP contribution is 2.56. The molecule has 6 aromatic heterocycles. The fourth-order valence-corrected chi connectivity index (χ4v) is 19.7. The Morgan fingerprint density at radius 1 is 0.260 bits per heavy atom. The number of nitrogens with zero attached hydrogens (tertiary/aromatic N) is 6. The highest BCUT2D eigenvalue weighted by Gasteiger charge is 2.47. The number of fused-ring (bicyclic) bond motifs is 22. The minimum atomic E-state index is -1.06. The SMILES string of the molecule is [2H]c1c([2H])c([2H])c2c(c1[2H])c1c([2H])c(-n3c4c([2H])c([2H])c([2H])c([2H])c4c4c([2H])c([2H])c([2H])c([2H])c43)c([2H])c([2H])c1n2-c1ccc2c(c1)N(c1c(-c3ccc(-c4ccccc4)cc3)ccc3oc4ccccc4c13)c1cc(C(C)(C)C)cc3c1B2c1ccc(-n2c4c([2H])c([2H])c([2H])c([2H])c4c4c([2H])c(-n5c6c([2H])c([2H])c([2H])c([2H])c6c6c([2H])c([2H])c([2H])c([2H])c65)c([2H])c([2H])c42)cc1N3c1c(-c2ccc(-c3ccccc3)cc2)ccc2oc3ccccc3c12. The highest BCUT2D eigenvalue weighted by atomic mass is 16.3. The summed E-state index contributed by atoms with van der Waals surface area (Å²) in [5, 5.41) is -0.483. The molecular weight excluding hydrogens is 1540 g/mol. The first-order chi connectivity index (χ1) is 75.1. The molecule has 2 aliphatic rings. The molecule has 594 valence electrons. The average Bonchev–Trinajstić information content (AvgIpc) is 1.67. The Morgan fingerprint density at radius 3 is 0.961 bits per heavy atom. The zero-order chi connectivity index (χ0) is 110. The van der Waals surface area contributed by atoms with Crippen molar-refractivity contribution in [2.24, 2.45) is 0 Å². The molecule has 25 aromatic rings. The van der Waals surface area contributed by atoms with E-state index in [0.717, 1.165) is 31.4 Å². The lowest BCUT2D eigenvalue weighted by molar-refractivity contribution is 0.590. The number of aromatic nitrogens is 4. The molecule has 0 fully saturated rings. The Bertz CT molecular complexity index is 10200. The van der Waals surface area contributed by atoms with E-state index >= 15 is 0 Å². The van der Waals surface area contributed by atoms with E-state index in [4.69, 9.17) is 19.8 Å². The highest BCUT2D eigenvalue weighted by molar-refractivity contribution is 7.00. The Hall–Kier alpha value is -16.4. The topological polar surface area (TPSA) is 52.5 Å². The van der Waals surface area contributed by atoms with Gasteiger partial charge in [-0.2, -0.15) is 0 Å². The molecule has 0 unspecified atom stereocenters. The zero-order valence-electron chi connectivity index (χ0n) is 97.5. The van der Waals surface area contributed by atoms with E-state index in [1.807, 2.05) is 206 Å². The van der Waals surface area contributed by atoms with Crippen molar-refractivity contribution in [1.82, 2.24) is 18.3 Å². The molecule has 9 heteroatoms. The van der Waals surface area contributed by atoms with Gasteiger partial charge in [0, 0.05) is 110 Å². The molecular formula is C118H77BN6O2. The minimum absolute atomic E-state index is 0.0665. The molecule has 2 aliphatic heterocycles. The van der Waals surface area contributed by atoms with E-state index in [1.54, 1.807) is 12.1 Å². The van der Waals surface area contributed by atoms with Crippen molar-refractivity contribution >= 4 is 188 Å². The number of hydrogen-bond donors (Lipinski definition) is 0. The molecule has 0 spiro atoms. The third-order valence-corrected chi connectivity index (χ3v) is 25.3. The van der Waals surface area contributed by atoms with Gasteiger partial charge in [0.25, 0.3) is 6.71 Å². The molecule has 0 saturated heterocycles. The summed E-state index contributed by atoms with van der Waals surface area (Å²) in [4.78, 5) is 4.33. The van der Waals surface area contributed by atoms with Gasteiger partial charge in [0.15, 0.2) is 0 Å². The van der Waals surface area contributed by atoms with Gasteiger partial charge >= 0.3 is 0 Å². The van der Waals surface area contributed by atoms with Crippen molar-refractivity contribution in [2.75, 3.05) is 9.80 Å². The van der Waals surface area contributed by atoms with Crippen LogP contribution in [0.2, 0.25) is 0 Å². The first-order valence-electron chi connectivity index (χ1n) is 56.5. The zero-order valence-corrected chi connectivity index (χ0v) is 67.5. The monoisotopic (exact) mass is 1650 g/mol. The fraction of sp³-hybridized carbons (Fsp3) is 0.0339. The summed E-state index contributed by atoms with van der Waals surface area (Å²) in [6.45, 7) is 5.17. The van der Waals surface area contributed by atoms with Crippen LogP contribution in [0.1, 0.15) is 67.5 Å². The summed E-state index contributed by atoms with van der Waals surface area (Å²) < 4.78 is 312. The van der Waals surface area contributed by atoms with Gasteiger partial charge in [0.1, 0.15) is 22.3 Å². The maximum Gasteiger partial charge on any atom is 0.252 e. The van der Waals surface area contributed by atoms with Crippen molar-refractivity contribution < 1.29 is 50.0 Å². The summed E-state index contributed by atoms with van der Waals surface area (Å²) in [7, 11) is 0. The molecule has 19 aromatic carbocycles. The van der Waals surface area contributed by atoms with E-state index in [0.29, 0.717) is 122 Å². The largest absolute Gasteiger partial charge is 0.456 e. The second-order valence-electron chi connectivity index (χ2n) is 33.1. The molecule has 0 radical (unpaired) electrons. The molecule has 8 heterocycles. The van der Waals surface area contributed by atoms with Crippen LogP contribution in [0.25, 0.3) is 198 Å². The van der Waals surface area contributed by atoms with E-state index in [1.165, 1.54) is 9.13 Å². The second-order valence-corrected chi connectivity index (χ2v) is 33.1. The number of furan rings is 2. The van der Waals surface area contributed by atoms with E-state index in [2.05, 4.69) is 42.7 Å². The van der Waals surface area contributed by atoms with Gasteiger partial charge in [0.05, 0.1) is 107 Å². The molecule has 0 aliphatic carbocycles. The minimum Gasteiger partial charge on any atom is -0.456 e. The van der Waals surface area contributed by atoms with E-state index < -0.39 is 248 Å². The molecule has 0 amide bonds. The van der Waals surface area contributed by atoms with Crippen LogP contribution in [-0.2, 0) is 5.41 Å². The quantitative estimate of drug-likeness (QED) is 0.128. The molecule has 127 heavy (non-hydrogen) atoms. The molecule has 0 atom stereocenters. The number of anilines is 6. The van der Waals surface area contributed by atoms with Gasteiger partial charge in [-0.25, -0.2) is 0 Å². The summed E-state index contributed by atoms with van der Waals surface area (Å²) in [5.41, 5.74) is 8.26. The predicted molar refractivity (Wildman–Crippen MR) is 533 cm³/mol. The fourth-order valence-electron chi connectivity index (χ4n) is 19.7. The van der Waals surface area contributed by atoms with Crippen molar-refractivity contribution in [3.63, 3.8) is 0 Å². The van der Waals surface area contributed by atoms with Crippen molar-refractivity contribution in [2.45, 2.75) is 26.2 Å². The van der Waals surface area contributed by atoms with Crippen LogP contribution in [-0.4, -0.2) is 25.0 Å². The Kier molecular flexibility index (Phi) is 10.2. The predicted octanol–water partition coefficient (Wildman–Crippen LogP) is 29.9. The number of hydrogen-bond acceptors (Lipinski definition) is 4. The van der Waals surface area contributed by atoms with Crippen molar-refractivity contribution in [3.8, 4) is 67.3 Å². The normalized spacial score (nSPS) is 16.1. The van der Waals surface area contributed by atoms with Crippen LogP contribution in [0.4, 0.5) is 34.1 Å². The van der Waals surface area contributed by atoms with Gasteiger partial charge in [-0.05, 0) is 206 Å². The second kappa shape index (κ2) is 27.1. The van der Waals surface area contributed by atoms with Gasteiger partial charge in [-0.15, -0.1) is 0 Å². The summed E-state index contributed by atoms with van der Waals surface area (Å²) >= 11 is 0. The average molecular weight is 1650 g/mol. The molecule has 0 N–H and O–H groups in total. The molecule has 0 bridgehead atoms. The van der Waals surface area contributed by atoms with Crippen LogP contribution in [0, 0.1) is 0 Å². The van der Waals surface area contributed by atoms with Gasteiger partial charge in [-0.1, -0.05) is 287 Å². The third-order valence-electron chi connectivity index (χ3n) is 25.3. The van der Waals surface area contributed by atoms with E-state index in [9.17, 15) is 30.2 Å². The first-order valence-corrected chi connectivity index (χ1v) is 41.5. The van der Waals surface area contributed by atoms with Gasteiger partial charge < -0.3 is 36.9 Å². The molecule has 8 nitrogen and oxygen atoms in total. The summed E-state index contributed by atoms with van der Waals surface area (Å²) in [5.74, 6) is 0. The lowest BCUT2D eigenvalue weighted by atomic mass is 9.33. The summed E-state index contributed by atoms with van der Waals surface area (Å²) in [6.07, 6.45) is 0. The lowest BCUT2D eigenvalue weighted by Gasteiger charge is -2.46. The number of rotatable bonds is 10. The maximum atomic E-state index is 10.9. The third kappa shape index (κ3) is 10.5. The van der Waals surface area contributed by atoms with Crippen molar-refractivity contribution in [1.29, 1.82) is 0 Å². The smallest absolute Gasteiger partial charge is 0.252 e. The summed E-state index contributed by atoms with van der Waals surface area (Å²) in [6, 6.07) is 51.4. The molecule has 0 saturated carbocycles. The van der Waals surface area contributed by atoms with Crippen LogP contribution >= 0.6 is 0 Å². The van der Waals surface area contributed by atoms with Crippen LogP contribution in [0.3, 0.4) is 0 Å². The maximum absolute atomic E-state index is 10.9. The van der Waals surface area contributed by atoms with Crippen LogP contribution in [0.15, 0.2) is 421 Å². The lowest BCUT2D eigenvalue weighted by Crippen LogP contribution is -2.61. The van der Waals surface area contributed by atoms with Crippen molar-refractivity contribution in [3.05, 3.63) is 417 Å². The number of para-hydroxylation sites is 8. The standard InChI is InChI=1S/C118H77BN6O2/c1-118(2,3)78-66-107-115-108(67-78)125(117-84(59-65-112-114(117)92-37-17-25-45-110(92)127-112)77-52-48-75(49-53-77)73-28-8-5-9-29-73)106-71-82(123-102-43-23-15-35-90(102)94-69-80(57-63-104(94)123)121-99-40-20-12-32-87(99)88-33-13-21-41-100(88)121)55-61-96(106)119(115)95-60-54-81(122-101-42-22-14-34-89(101)93-68-79(56-62-103(93)122)120-97-38-18-10-30-85(97)86-31-11-19-39-98(86)120)70-105(95)124(107)116-83(58-64-111-113(116)91-36-16-24-44-109(91)126-111)76-50-46-74(47-51-76)72-26-6-4-7-27-72/h4-71H,1-3H3/i10D,11D,12D,13D,14D,15D,18D,19D,20D,21D,22D,23D,30D,31D,32D,33D,34D,35D,38D,39D,40D,41D,42D,43D,56D,57D,62D,63D,68D,69D. The Morgan fingerprint density at radius 2 is 0.583 bits per heavy atom. The first kappa shape index (κ1) is 47.9. The Labute approximate surface area is 774 Å².